The summed E-state index contributed by atoms with van der Waals surface area (Å²) in [4.78, 5) is 16.4. The van der Waals surface area contributed by atoms with Crippen molar-refractivity contribution in [3.05, 3.63) is 35.4 Å². The highest BCUT2D eigenvalue weighted by atomic mass is 35.5. The third kappa shape index (κ3) is 2.85. The SMILES string of the molecule is CN(C)[C@@H]1CCN(C(=O)c2ccc(CCl)cc2)C1. The zero-order chi connectivity index (χ0) is 13.1. The minimum absolute atomic E-state index is 0.125. The second-order valence-electron chi connectivity index (χ2n) is 4.99. The monoisotopic (exact) mass is 266 g/mol. The van der Waals surface area contributed by atoms with Gasteiger partial charge in [0.1, 0.15) is 0 Å². The maximum absolute atomic E-state index is 12.3. The van der Waals surface area contributed by atoms with E-state index in [0.29, 0.717) is 11.9 Å². The topological polar surface area (TPSA) is 23.6 Å². The van der Waals surface area contributed by atoms with E-state index in [1.54, 1.807) is 0 Å². The number of alkyl halides is 1. The first-order valence-electron chi connectivity index (χ1n) is 6.22. The quantitative estimate of drug-likeness (QED) is 0.783. The van der Waals surface area contributed by atoms with E-state index < -0.39 is 0 Å². The van der Waals surface area contributed by atoms with Gasteiger partial charge in [-0.2, -0.15) is 0 Å². The summed E-state index contributed by atoms with van der Waals surface area (Å²) >= 11 is 5.74. The van der Waals surface area contributed by atoms with Crippen LogP contribution in [0.3, 0.4) is 0 Å². The molecule has 0 saturated carbocycles. The van der Waals surface area contributed by atoms with Crippen molar-refractivity contribution < 1.29 is 4.79 Å². The van der Waals surface area contributed by atoms with Crippen molar-refractivity contribution in [1.29, 1.82) is 0 Å². The minimum Gasteiger partial charge on any atom is -0.337 e. The molecule has 18 heavy (non-hydrogen) atoms. The molecule has 1 aromatic rings. The molecule has 1 saturated heterocycles. The molecule has 1 heterocycles. The molecule has 2 rings (SSSR count). The van der Waals surface area contributed by atoms with Crippen LogP contribution >= 0.6 is 11.6 Å². The minimum atomic E-state index is 0.125. The van der Waals surface area contributed by atoms with Gasteiger partial charge in [0.25, 0.3) is 5.91 Å². The van der Waals surface area contributed by atoms with Gasteiger partial charge in [0, 0.05) is 30.6 Å². The molecule has 0 N–H and O–H groups in total. The van der Waals surface area contributed by atoms with Crippen molar-refractivity contribution in [2.75, 3.05) is 27.2 Å². The molecule has 0 aromatic heterocycles. The summed E-state index contributed by atoms with van der Waals surface area (Å²) in [6.07, 6.45) is 1.05. The van der Waals surface area contributed by atoms with Gasteiger partial charge in [-0.05, 0) is 38.2 Å². The number of halogens is 1. The number of carbonyl (C=O) groups is 1. The normalized spacial score (nSPS) is 19.6. The number of likely N-dealkylation sites (tertiary alicyclic amines) is 1. The number of hydrogen-bond acceptors (Lipinski definition) is 2. The third-order valence-corrected chi connectivity index (χ3v) is 3.84. The Labute approximate surface area is 113 Å². The van der Waals surface area contributed by atoms with E-state index >= 15 is 0 Å². The molecule has 0 bridgehead atoms. The van der Waals surface area contributed by atoms with Gasteiger partial charge >= 0.3 is 0 Å². The van der Waals surface area contributed by atoms with Crippen LogP contribution in [0, 0.1) is 0 Å². The molecule has 1 aliphatic rings. The van der Waals surface area contributed by atoms with Crippen LogP contribution in [0.1, 0.15) is 22.3 Å². The number of likely N-dealkylation sites (N-methyl/N-ethyl adjacent to an activating group) is 1. The molecule has 4 heteroatoms. The van der Waals surface area contributed by atoms with Gasteiger partial charge in [0.2, 0.25) is 0 Å². The Morgan fingerprint density at radius 3 is 2.56 bits per heavy atom. The Hall–Kier alpha value is -1.06. The first kappa shape index (κ1) is 13.4. The molecule has 0 radical (unpaired) electrons. The zero-order valence-corrected chi connectivity index (χ0v) is 11.7. The van der Waals surface area contributed by atoms with Crippen molar-refractivity contribution in [2.45, 2.75) is 18.3 Å². The zero-order valence-electron chi connectivity index (χ0n) is 10.9. The molecule has 0 unspecified atom stereocenters. The summed E-state index contributed by atoms with van der Waals surface area (Å²) in [6.45, 7) is 1.67. The van der Waals surface area contributed by atoms with Crippen molar-refractivity contribution in [2.24, 2.45) is 0 Å². The average Bonchev–Trinajstić information content (AvgIpc) is 2.88. The molecule has 1 fully saturated rings. The average molecular weight is 267 g/mol. The second-order valence-corrected chi connectivity index (χ2v) is 5.26. The molecule has 0 spiro atoms. The van der Waals surface area contributed by atoms with Gasteiger partial charge in [-0.25, -0.2) is 0 Å². The van der Waals surface area contributed by atoms with E-state index in [4.69, 9.17) is 11.6 Å². The van der Waals surface area contributed by atoms with Gasteiger partial charge in [0.15, 0.2) is 0 Å². The molecular formula is C14H19ClN2O. The Bertz CT molecular complexity index is 416. The summed E-state index contributed by atoms with van der Waals surface area (Å²) in [5, 5.41) is 0. The lowest BCUT2D eigenvalue weighted by Crippen LogP contribution is -2.34. The van der Waals surface area contributed by atoms with Gasteiger partial charge in [-0.1, -0.05) is 12.1 Å². The first-order valence-corrected chi connectivity index (χ1v) is 6.76. The predicted molar refractivity (Wildman–Crippen MR) is 74.0 cm³/mol. The summed E-state index contributed by atoms with van der Waals surface area (Å²) in [7, 11) is 4.13. The fourth-order valence-electron chi connectivity index (χ4n) is 2.27. The van der Waals surface area contributed by atoms with Crippen LogP contribution in [0.15, 0.2) is 24.3 Å². The van der Waals surface area contributed by atoms with E-state index in [1.165, 1.54) is 0 Å². The van der Waals surface area contributed by atoms with Gasteiger partial charge in [-0.3, -0.25) is 4.79 Å². The molecule has 1 amide bonds. The van der Waals surface area contributed by atoms with E-state index in [1.807, 2.05) is 29.2 Å². The maximum Gasteiger partial charge on any atom is 0.253 e. The van der Waals surface area contributed by atoms with Crippen LogP contribution < -0.4 is 0 Å². The second kappa shape index (κ2) is 5.72. The number of nitrogens with zero attached hydrogens (tertiary/aromatic N) is 2. The summed E-state index contributed by atoms with van der Waals surface area (Å²) in [5.74, 6) is 0.612. The maximum atomic E-state index is 12.3. The first-order chi connectivity index (χ1) is 8.61. The fraction of sp³-hybridized carbons (Fsp3) is 0.500. The van der Waals surface area contributed by atoms with Crippen molar-refractivity contribution in [1.82, 2.24) is 9.80 Å². The summed E-state index contributed by atoms with van der Waals surface area (Å²) in [6, 6.07) is 8.04. The van der Waals surface area contributed by atoms with Crippen LogP contribution in [-0.2, 0) is 5.88 Å². The largest absolute Gasteiger partial charge is 0.337 e. The summed E-state index contributed by atoms with van der Waals surface area (Å²) < 4.78 is 0. The van der Waals surface area contributed by atoms with Crippen LogP contribution in [0.2, 0.25) is 0 Å². The third-order valence-electron chi connectivity index (χ3n) is 3.54. The van der Waals surface area contributed by atoms with E-state index in [0.717, 1.165) is 30.6 Å². The fourth-order valence-corrected chi connectivity index (χ4v) is 2.44. The van der Waals surface area contributed by atoms with Gasteiger partial charge in [-0.15, -0.1) is 11.6 Å². The van der Waals surface area contributed by atoms with Crippen molar-refractivity contribution in [3.8, 4) is 0 Å². The number of benzene rings is 1. The lowest BCUT2D eigenvalue weighted by molar-refractivity contribution is 0.0783. The van der Waals surface area contributed by atoms with Gasteiger partial charge < -0.3 is 9.80 Å². The number of carbonyl (C=O) groups excluding carboxylic acids is 1. The number of rotatable bonds is 3. The predicted octanol–water partition coefficient (Wildman–Crippen LogP) is 2.20. The number of amides is 1. The molecule has 1 aliphatic heterocycles. The van der Waals surface area contributed by atoms with Gasteiger partial charge in [0.05, 0.1) is 0 Å². The Balaban J connectivity index is 2.03. The number of hydrogen-bond donors (Lipinski definition) is 0. The molecule has 3 nitrogen and oxygen atoms in total. The van der Waals surface area contributed by atoms with Crippen molar-refractivity contribution in [3.63, 3.8) is 0 Å². The van der Waals surface area contributed by atoms with Crippen LogP contribution in [0.4, 0.5) is 0 Å². The highest BCUT2D eigenvalue weighted by molar-refractivity contribution is 6.17. The molecular weight excluding hydrogens is 248 g/mol. The van der Waals surface area contributed by atoms with E-state index in [2.05, 4.69) is 19.0 Å². The lowest BCUT2D eigenvalue weighted by atomic mass is 10.1. The smallest absolute Gasteiger partial charge is 0.253 e. The van der Waals surface area contributed by atoms with Crippen LogP contribution in [0.5, 0.6) is 0 Å². The van der Waals surface area contributed by atoms with E-state index in [9.17, 15) is 4.79 Å². The highest BCUT2D eigenvalue weighted by Crippen LogP contribution is 2.17. The van der Waals surface area contributed by atoms with E-state index in [-0.39, 0.29) is 5.91 Å². The van der Waals surface area contributed by atoms with Crippen LogP contribution in [-0.4, -0.2) is 48.9 Å². The molecule has 1 aromatic carbocycles. The Morgan fingerprint density at radius 2 is 2.06 bits per heavy atom. The highest BCUT2D eigenvalue weighted by Gasteiger charge is 2.27. The lowest BCUT2D eigenvalue weighted by Gasteiger charge is -2.20. The Kier molecular flexibility index (Phi) is 4.25. The van der Waals surface area contributed by atoms with Crippen LogP contribution in [0.25, 0.3) is 0 Å². The molecule has 0 aliphatic carbocycles. The Morgan fingerprint density at radius 1 is 1.39 bits per heavy atom. The molecule has 98 valence electrons. The van der Waals surface area contributed by atoms with Crippen molar-refractivity contribution >= 4 is 17.5 Å². The standard InChI is InChI=1S/C14H19ClN2O/c1-16(2)13-7-8-17(10-13)14(18)12-5-3-11(9-15)4-6-12/h3-6,13H,7-10H2,1-2H3/t13-/m1/s1. The summed E-state index contributed by atoms with van der Waals surface area (Å²) in [5.41, 5.74) is 1.80. The molecule has 1 atom stereocenters.